The maximum absolute atomic E-state index is 11.2. The molecule has 0 saturated heterocycles. The van der Waals surface area contributed by atoms with Crippen LogP contribution in [0.1, 0.15) is 23.3 Å². The van der Waals surface area contributed by atoms with Gasteiger partial charge >= 0.3 is 0 Å². The minimum absolute atomic E-state index is 0.0792. The molecule has 1 atom stereocenters. The van der Waals surface area contributed by atoms with Gasteiger partial charge in [-0.15, -0.1) is 11.8 Å². The lowest BCUT2D eigenvalue weighted by Crippen LogP contribution is -2.02. The maximum atomic E-state index is 11.2. The molecule has 4 heteroatoms. The van der Waals surface area contributed by atoms with Gasteiger partial charge in [0.1, 0.15) is 17.3 Å². The highest BCUT2D eigenvalue weighted by atomic mass is 32.2. The molecule has 0 amide bonds. The lowest BCUT2D eigenvalue weighted by Gasteiger charge is -2.18. The van der Waals surface area contributed by atoms with Crippen molar-refractivity contribution in [3.8, 4) is 11.5 Å². The number of phenols is 2. The lowest BCUT2D eigenvalue weighted by atomic mass is 10.0. The Balaban J connectivity index is 2.40. The number of carbonyl (C=O) groups excluding carboxylic acids is 1. The fourth-order valence-corrected chi connectivity index (χ4v) is 3.07. The summed E-state index contributed by atoms with van der Waals surface area (Å²) in [5.74, 6) is 0.653. The highest BCUT2D eigenvalue weighted by Crippen LogP contribution is 2.41. The summed E-state index contributed by atoms with van der Waals surface area (Å²) in [6.07, 6.45) is 0. The summed E-state index contributed by atoms with van der Waals surface area (Å²) in [7, 11) is 0. The Morgan fingerprint density at radius 1 is 1.15 bits per heavy atom. The fourth-order valence-electron chi connectivity index (χ4n) is 1.95. The van der Waals surface area contributed by atoms with E-state index in [-0.39, 0.29) is 22.5 Å². The van der Waals surface area contributed by atoms with Gasteiger partial charge in [0, 0.05) is 5.56 Å². The number of ketones is 1. The molecule has 104 valence electrons. The number of thioether (sulfide) groups is 1. The Labute approximate surface area is 122 Å². The average Bonchev–Trinajstić information content (AvgIpc) is 2.43. The molecular formula is C16H16O3S. The van der Waals surface area contributed by atoms with E-state index in [1.165, 1.54) is 30.8 Å². The molecule has 0 spiro atoms. The van der Waals surface area contributed by atoms with Gasteiger partial charge in [-0.3, -0.25) is 4.79 Å². The van der Waals surface area contributed by atoms with E-state index in [4.69, 9.17) is 0 Å². The lowest BCUT2D eigenvalue weighted by molar-refractivity contribution is -0.114. The van der Waals surface area contributed by atoms with E-state index in [9.17, 15) is 15.0 Å². The van der Waals surface area contributed by atoms with Crippen LogP contribution in [0.2, 0.25) is 0 Å². The summed E-state index contributed by atoms with van der Waals surface area (Å²) in [5, 5.41) is 19.5. The third-order valence-electron chi connectivity index (χ3n) is 2.85. The van der Waals surface area contributed by atoms with Crippen molar-refractivity contribution in [2.45, 2.75) is 12.2 Å². The number of phenolic OH excluding ortho intramolecular Hbond substituents is 2. The Kier molecular flexibility index (Phi) is 4.69. The summed E-state index contributed by atoms with van der Waals surface area (Å²) in [6, 6.07) is 14.1. The molecule has 0 heterocycles. The summed E-state index contributed by atoms with van der Waals surface area (Å²) >= 11 is 1.44. The van der Waals surface area contributed by atoms with Crippen molar-refractivity contribution in [3.05, 3.63) is 59.7 Å². The fraction of sp³-hybridized carbons (Fsp3) is 0.188. The van der Waals surface area contributed by atoms with Gasteiger partial charge in [-0.2, -0.15) is 0 Å². The second-order valence-electron chi connectivity index (χ2n) is 4.55. The Morgan fingerprint density at radius 2 is 1.85 bits per heavy atom. The third-order valence-corrected chi connectivity index (χ3v) is 4.28. The average molecular weight is 288 g/mol. The molecular weight excluding hydrogens is 272 g/mol. The zero-order chi connectivity index (χ0) is 14.5. The highest BCUT2D eigenvalue weighted by molar-refractivity contribution is 8.00. The number of carbonyl (C=O) groups is 1. The van der Waals surface area contributed by atoms with Crippen LogP contribution in [0.3, 0.4) is 0 Å². The molecule has 0 saturated carbocycles. The SMILES string of the molecule is CC(=O)CSC(c1ccccc1)c1cc(O)ccc1O. The van der Waals surface area contributed by atoms with Gasteiger partial charge in [0.2, 0.25) is 0 Å². The monoisotopic (exact) mass is 288 g/mol. The van der Waals surface area contributed by atoms with Crippen molar-refractivity contribution in [2.75, 3.05) is 5.75 Å². The number of aromatic hydroxyl groups is 2. The van der Waals surface area contributed by atoms with Gasteiger partial charge in [-0.1, -0.05) is 30.3 Å². The van der Waals surface area contributed by atoms with E-state index in [1.54, 1.807) is 6.07 Å². The van der Waals surface area contributed by atoms with Crippen LogP contribution in [0.4, 0.5) is 0 Å². The van der Waals surface area contributed by atoms with E-state index in [0.29, 0.717) is 11.3 Å². The van der Waals surface area contributed by atoms with Crippen LogP contribution in [-0.2, 0) is 4.79 Å². The van der Waals surface area contributed by atoms with Crippen molar-refractivity contribution in [2.24, 2.45) is 0 Å². The zero-order valence-corrected chi connectivity index (χ0v) is 11.9. The minimum Gasteiger partial charge on any atom is -0.508 e. The summed E-state index contributed by atoms with van der Waals surface area (Å²) in [4.78, 5) is 11.2. The van der Waals surface area contributed by atoms with Crippen LogP contribution >= 0.6 is 11.8 Å². The van der Waals surface area contributed by atoms with Gasteiger partial charge < -0.3 is 10.2 Å². The van der Waals surface area contributed by atoms with Crippen molar-refractivity contribution in [1.82, 2.24) is 0 Å². The van der Waals surface area contributed by atoms with Crippen LogP contribution in [-0.4, -0.2) is 21.7 Å². The predicted octanol–water partition coefficient (Wildman–Crippen LogP) is 3.51. The largest absolute Gasteiger partial charge is 0.508 e. The third kappa shape index (κ3) is 3.54. The van der Waals surface area contributed by atoms with Crippen molar-refractivity contribution < 1.29 is 15.0 Å². The molecule has 2 aromatic rings. The van der Waals surface area contributed by atoms with E-state index < -0.39 is 0 Å². The topological polar surface area (TPSA) is 57.5 Å². The van der Waals surface area contributed by atoms with Gasteiger partial charge in [0.25, 0.3) is 0 Å². The Bertz CT molecular complexity index is 596. The number of hydrogen-bond acceptors (Lipinski definition) is 4. The molecule has 0 aromatic heterocycles. The molecule has 2 N–H and O–H groups in total. The Morgan fingerprint density at radius 3 is 2.50 bits per heavy atom. The summed E-state index contributed by atoms with van der Waals surface area (Å²) in [5.41, 5.74) is 1.60. The molecule has 0 aliphatic rings. The standard InChI is InChI=1S/C16H16O3S/c1-11(17)10-20-16(12-5-3-2-4-6-12)14-9-13(18)7-8-15(14)19/h2-9,16,18-19H,10H2,1H3. The van der Waals surface area contributed by atoms with Crippen LogP contribution in [0.5, 0.6) is 11.5 Å². The molecule has 0 aliphatic heterocycles. The first-order valence-electron chi connectivity index (χ1n) is 6.26. The van der Waals surface area contributed by atoms with Crippen molar-refractivity contribution in [3.63, 3.8) is 0 Å². The van der Waals surface area contributed by atoms with E-state index >= 15 is 0 Å². The molecule has 20 heavy (non-hydrogen) atoms. The number of benzene rings is 2. The van der Waals surface area contributed by atoms with E-state index in [1.807, 2.05) is 30.3 Å². The second-order valence-corrected chi connectivity index (χ2v) is 5.64. The first kappa shape index (κ1) is 14.5. The van der Waals surface area contributed by atoms with Gasteiger partial charge in [-0.05, 0) is 30.7 Å². The zero-order valence-electron chi connectivity index (χ0n) is 11.1. The first-order chi connectivity index (χ1) is 9.58. The van der Waals surface area contributed by atoms with Crippen LogP contribution < -0.4 is 0 Å². The molecule has 0 radical (unpaired) electrons. The number of rotatable bonds is 5. The van der Waals surface area contributed by atoms with Crippen LogP contribution in [0.15, 0.2) is 48.5 Å². The van der Waals surface area contributed by atoms with Gasteiger partial charge in [0.15, 0.2) is 0 Å². The summed E-state index contributed by atoms with van der Waals surface area (Å²) < 4.78 is 0. The Hall–Kier alpha value is -1.94. The first-order valence-corrected chi connectivity index (χ1v) is 7.30. The predicted molar refractivity (Wildman–Crippen MR) is 81.2 cm³/mol. The second kappa shape index (κ2) is 6.48. The molecule has 3 nitrogen and oxygen atoms in total. The van der Waals surface area contributed by atoms with E-state index in [0.717, 1.165) is 5.56 Å². The summed E-state index contributed by atoms with van der Waals surface area (Å²) in [6.45, 7) is 1.54. The maximum Gasteiger partial charge on any atom is 0.139 e. The number of Topliss-reactive ketones (excluding diaryl/α,β-unsaturated/α-hetero) is 1. The normalized spacial score (nSPS) is 12.1. The molecule has 1 unspecified atom stereocenters. The molecule has 0 fully saturated rings. The molecule has 2 rings (SSSR count). The van der Waals surface area contributed by atoms with Gasteiger partial charge in [-0.25, -0.2) is 0 Å². The number of hydrogen-bond donors (Lipinski definition) is 2. The van der Waals surface area contributed by atoms with E-state index in [2.05, 4.69) is 0 Å². The molecule has 0 bridgehead atoms. The smallest absolute Gasteiger partial charge is 0.139 e. The molecule has 2 aromatic carbocycles. The van der Waals surface area contributed by atoms with Crippen molar-refractivity contribution in [1.29, 1.82) is 0 Å². The highest BCUT2D eigenvalue weighted by Gasteiger charge is 2.19. The minimum atomic E-state index is -0.188. The molecule has 0 aliphatic carbocycles. The van der Waals surface area contributed by atoms with Crippen molar-refractivity contribution >= 4 is 17.5 Å². The van der Waals surface area contributed by atoms with Gasteiger partial charge in [0.05, 0.1) is 11.0 Å². The van der Waals surface area contributed by atoms with Crippen LogP contribution in [0.25, 0.3) is 0 Å². The quantitative estimate of drug-likeness (QED) is 0.827. The van der Waals surface area contributed by atoms with Crippen LogP contribution in [0, 0.1) is 0 Å².